The number of rotatable bonds is 4. The van der Waals surface area contributed by atoms with E-state index in [4.69, 9.17) is 0 Å². The van der Waals surface area contributed by atoms with E-state index in [0.29, 0.717) is 5.69 Å². The number of aromatic amines is 1. The van der Waals surface area contributed by atoms with Gasteiger partial charge in [0.15, 0.2) is 0 Å². The molecule has 2 heterocycles. The topological polar surface area (TPSA) is 86.3 Å². The minimum atomic E-state index is -1.11. The maximum absolute atomic E-state index is 14.2. The zero-order chi connectivity index (χ0) is 19.8. The van der Waals surface area contributed by atoms with E-state index in [1.54, 1.807) is 0 Å². The molecular weight excluding hydrogens is 368 g/mol. The van der Waals surface area contributed by atoms with Crippen molar-refractivity contribution in [1.29, 1.82) is 0 Å². The average Bonchev–Trinajstić information content (AvgIpc) is 3.27. The number of carboxylic acids is 1. The van der Waals surface area contributed by atoms with Gasteiger partial charge in [-0.25, -0.2) is 8.78 Å². The number of amides is 1. The first-order chi connectivity index (χ1) is 13.4. The molecule has 8 heteroatoms. The van der Waals surface area contributed by atoms with Gasteiger partial charge in [-0.3, -0.25) is 14.7 Å². The second kappa shape index (κ2) is 7.03. The summed E-state index contributed by atoms with van der Waals surface area (Å²) < 4.78 is 27.4. The zero-order valence-electron chi connectivity index (χ0n) is 14.7. The van der Waals surface area contributed by atoms with Crippen LogP contribution in [0.15, 0.2) is 42.5 Å². The number of aliphatic carboxylic acids is 1. The van der Waals surface area contributed by atoms with E-state index in [1.165, 1.54) is 11.0 Å². The predicted octanol–water partition coefficient (Wildman–Crippen LogP) is 2.71. The van der Waals surface area contributed by atoms with Crippen molar-refractivity contribution in [3.05, 3.63) is 65.4 Å². The number of carboxylic acid groups (broad SMARTS) is 1. The summed E-state index contributed by atoms with van der Waals surface area (Å²) in [5.41, 5.74) is 1.49. The summed E-state index contributed by atoms with van der Waals surface area (Å²) in [6.07, 6.45) is 0.0332. The number of carbonyl (C=O) groups is 2. The van der Waals surface area contributed by atoms with Gasteiger partial charge in [-0.2, -0.15) is 5.10 Å². The molecule has 144 valence electrons. The van der Waals surface area contributed by atoms with Crippen LogP contribution in [0, 0.1) is 17.6 Å². The van der Waals surface area contributed by atoms with Crippen LogP contribution in [0.2, 0.25) is 0 Å². The molecule has 2 atom stereocenters. The number of H-pyrrole nitrogens is 1. The van der Waals surface area contributed by atoms with E-state index in [9.17, 15) is 23.5 Å². The van der Waals surface area contributed by atoms with Gasteiger partial charge in [0.1, 0.15) is 11.6 Å². The molecule has 1 aromatic heterocycles. The Kier molecular flexibility index (Phi) is 4.54. The van der Waals surface area contributed by atoms with Crippen LogP contribution >= 0.6 is 0 Å². The highest BCUT2D eigenvalue weighted by molar-refractivity contribution is 5.88. The maximum atomic E-state index is 14.2. The Bertz CT molecular complexity index is 1070. The molecule has 0 aliphatic carbocycles. The van der Waals surface area contributed by atoms with E-state index >= 15 is 0 Å². The van der Waals surface area contributed by atoms with Gasteiger partial charge in [0.25, 0.3) is 0 Å². The van der Waals surface area contributed by atoms with E-state index < -0.39 is 29.4 Å². The summed E-state index contributed by atoms with van der Waals surface area (Å²) in [6.45, 7) is 0.0339. The number of likely N-dealkylation sites (tertiary alicyclic amines) is 1. The second-order valence-electron chi connectivity index (χ2n) is 6.91. The number of nitrogens with zero attached hydrogens (tertiary/aromatic N) is 2. The van der Waals surface area contributed by atoms with Gasteiger partial charge in [0, 0.05) is 30.5 Å². The lowest BCUT2D eigenvalue weighted by molar-refractivity contribution is -0.141. The largest absolute Gasteiger partial charge is 0.481 e. The Hall–Kier alpha value is -3.29. The first-order valence-corrected chi connectivity index (χ1v) is 8.81. The molecule has 1 saturated heterocycles. The van der Waals surface area contributed by atoms with Gasteiger partial charge in [-0.15, -0.1) is 0 Å². The molecule has 6 nitrogen and oxygen atoms in total. The number of benzene rings is 2. The van der Waals surface area contributed by atoms with Gasteiger partial charge in [0.05, 0.1) is 23.5 Å². The molecule has 1 fully saturated rings. The summed E-state index contributed by atoms with van der Waals surface area (Å²) in [7, 11) is 0. The number of carbonyl (C=O) groups excluding carboxylic acids is 1. The van der Waals surface area contributed by atoms with Crippen LogP contribution in [0.1, 0.15) is 17.2 Å². The fourth-order valence-corrected chi connectivity index (χ4v) is 3.79. The molecule has 3 aromatic rings. The van der Waals surface area contributed by atoms with Crippen molar-refractivity contribution in [2.45, 2.75) is 12.3 Å². The normalized spacial score (nSPS) is 19.3. The van der Waals surface area contributed by atoms with Crippen molar-refractivity contribution in [2.75, 3.05) is 13.1 Å². The zero-order valence-corrected chi connectivity index (χ0v) is 14.7. The molecule has 0 bridgehead atoms. The molecule has 0 radical (unpaired) electrons. The molecule has 1 amide bonds. The van der Waals surface area contributed by atoms with Crippen molar-refractivity contribution in [2.24, 2.45) is 5.92 Å². The third-order valence-corrected chi connectivity index (χ3v) is 5.22. The van der Waals surface area contributed by atoms with Crippen LogP contribution in [-0.2, 0) is 16.0 Å². The molecular formula is C20H17F2N3O3. The molecule has 1 aliphatic heterocycles. The van der Waals surface area contributed by atoms with E-state index in [-0.39, 0.29) is 31.0 Å². The van der Waals surface area contributed by atoms with Crippen LogP contribution in [0.3, 0.4) is 0 Å². The Morgan fingerprint density at radius 3 is 2.71 bits per heavy atom. The van der Waals surface area contributed by atoms with E-state index in [2.05, 4.69) is 10.2 Å². The molecule has 1 aliphatic rings. The van der Waals surface area contributed by atoms with Gasteiger partial charge >= 0.3 is 5.97 Å². The molecule has 2 aromatic carbocycles. The average molecular weight is 385 g/mol. The Balaban J connectivity index is 1.57. The SMILES string of the molecule is O=C(O)[C@H]1CN(C(=O)Cc2[nH]nc3ccccc23)C[C@@H]1c1ccc(F)cc1F. The monoisotopic (exact) mass is 385 g/mol. The fourth-order valence-electron chi connectivity index (χ4n) is 3.79. The fraction of sp³-hybridized carbons (Fsp3) is 0.250. The highest BCUT2D eigenvalue weighted by Crippen LogP contribution is 2.35. The predicted molar refractivity (Wildman–Crippen MR) is 96.6 cm³/mol. The first kappa shape index (κ1) is 18.1. The number of aromatic nitrogens is 2. The van der Waals surface area contributed by atoms with Crippen molar-refractivity contribution in [1.82, 2.24) is 15.1 Å². The number of para-hydroxylation sites is 1. The van der Waals surface area contributed by atoms with Crippen molar-refractivity contribution in [3.63, 3.8) is 0 Å². The van der Waals surface area contributed by atoms with Crippen molar-refractivity contribution >= 4 is 22.8 Å². The van der Waals surface area contributed by atoms with E-state index in [0.717, 1.165) is 23.0 Å². The maximum Gasteiger partial charge on any atom is 0.308 e. The number of fused-ring (bicyclic) bond motifs is 1. The number of hydrogen-bond acceptors (Lipinski definition) is 3. The Morgan fingerprint density at radius 2 is 1.96 bits per heavy atom. The summed E-state index contributed by atoms with van der Waals surface area (Å²) >= 11 is 0. The number of nitrogens with one attached hydrogen (secondary N) is 1. The third-order valence-electron chi connectivity index (χ3n) is 5.22. The molecule has 2 N–H and O–H groups in total. The summed E-state index contributed by atoms with van der Waals surface area (Å²) in [4.78, 5) is 25.9. The van der Waals surface area contributed by atoms with Crippen LogP contribution < -0.4 is 0 Å². The minimum Gasteiger partial charge on any atom is -0.481 e. The van der Waals surface area contributed by atoms with E-state index in [1.807, 2.05) is 24.3 Å². The Labute approximate surface area is 158 Å². The van der Waals surface area contributed by atoms with Gasteiger partial charge in [0.2, 0.25) is 5.91 Å². The smallest absolute Gasteiger partial charge is 0.308 e. The lowest BCUT2D eigenvalue weighted by atomic mass is 9.88. The standard InChI is InChI=1S/C20H17F2N3O3/c21-11-5-6-12(16(22)7-11)14-9-25(10-15(14)20(27)28)19(26)8-18-13-3-1-2-4-17(13)23-24-18/h1-7,14-15H,8-10H2,(H,23,24)(H,27,28)/t14-,15+/m1/s1. The number of halogens is 2. The highest BCUT2D eigenvalue weighted by Gasteiger charge is 2.41. The van der Waals surface area contributed by atoms with Crippen LogP contribution in [0.25, 0.3) is 10.9 Å². The van der Waals surface area contributed by atoms with Crippen LogP contribution in [0.4, 0.5) is 8.78 Å². The van der Waals surface area contributed by atoms with Crippen LogP contribution in [0.5, 0.6) is 0 Å². The Morgan fingerprint density at radius 1 is 1.18 bits per heavy atom. The summed E-state index contributed by atoms with van der Waals surface area (Å²) in [5, 5.41) is 17.4. The van der Waals surface area contributed by atoms with Gasteiger partial charge < -0.3 is 10.0 Å². The van der Waals surface area contributed by atoms with Crippen molar-refractivity contribution < 1.29 is 23.5 Å². The molecule has 0 spiro atoms. The molecule has 0 unspecified atom stereocenters. The minimum absolute atomic E-state index is 0.0261. The second-order valence-corrected chi connectivity index (χ2v) is 6.91. The summed E-state index contributed by atoms with van der Waals surface area (Å²) in [5.74, 6) is -4.61. The third kappa shape index (κ3) is 3.21. The molecule has 4 rings (SSSR count). The quantitative estimate of drug-likeness (QED) is 0.723. The first-order valence-electron chi connectivity index (χ1n) is 8.81. The lowest BCUT2D eigenvalue weighted by Gasteiger charge is -2.17. The van der Waals surface area contributed by atoms with Crippen LogP contribution in [-0.4, -0.2) is 45.2 Å². The van der Waals surface area contributed by atoms with Crippen molar-refractivity contribution in [3.8, 4) is 0 Å². The van der Waals surface area contributed by atoms with Gasteiger partial charge in [-0.1, -0.05) is 24.3 Å². The highest BCUT2D eigenvalue weighted by atomic mass is 19.1. The molecule has 28 heavy (non-hydrogen) atoms. The lowest BCUT2D eigenvalue weighted by Crippen LogP contribution is -2.31. The summed E-state index contributed by atoms with van der Waals surface area (Å²) in [6, 6.07) is 10.4. The number of hydrogen-bond donors (Lipinski definition) is 2. The molecule has 0 saturated carbocycles. The van der Waals surface area contributed by atoms with Gasteiger partial charge in [-0.05, 0) is 17.7 Å².